The maximum Gasteiger partial charge on any atom is 0.0247 e. The third kappa shape index (κ3) is 4.13. The lowest BCUT2D eigenvalue weighted by atomic mass is 9.84. The Morgan fingerprint density at radius 3 is 2.50 bits per heavy atom. The lowest BCUT2D eigenvalue weighted by Crippen LogP contribution is -2.09. The molecule has 0 saturated heterocycles. The van der Waals surface area contributed by atoms with E-state index in [0.717, 1.165) is 11.2 Å². The normalized spacial score (nSPS) is 18.4. The Balaban J connectivity index is 1.99. The van der Waals surface area contributed by atoms with Gasteiger partial charge in [-0.3, -0.25) is 0 Å². The van der Waals surface area contributed by atoms with Gasteiger partial charge in [0.2, 0.25) is 0 Å². The Morgan fingerprint density at radius 2 is 1.83 bits per heavy atom. The number of hydrogen-bond donors (Lipinski definition) is 0. The average molecular weight is 305 g/mol. The molecule has 1 fully saturated rings. The molecular formula is C17H21Br. The second-order valence-corrected chi connectivity index (χ2v) is 5.54. The number of benzene rings is 1. The molecule has 1 saturated carbocycles. The van der Waals surface area contributed by atoms with Crippen molar-refractivity contribution >= 4 is 22.0 Å². The van der Waals surface area contributed by atoms with Crippen LogP contribution in [0.25, 0.3) is 6.08 Å². The fourth-order valence-electron chi connectivity index (χ4n) is 2.61. The lowest BCUT2D eigenvalue weighted by Gasteiger charge is -2.23. The van der Waals surface area contributed by atoms with Gasteiger partial charge in [0.25, 0.3) is 0 Å². The molecule has 0 unspecified atom stereocenters. The molecule has 0 aliphatic heterocycles. The second-order valence-electron chi connectivity index (χ2n) is 4.98. The van der Waals surface area contributed by atoms with Crippen LogP contribution in [0.4, 0.5) is 0 Å². The van der Waals surface area contributed by atoms with Crippen LogP contribution in [0.5, 0.6) is 0 Å². The summed E-state index contributed by atoms with van der Waals surface area (Å²) in [4.78, 5) is 0. The molecule has 1 aliphatic rings. The van der Waals surface area contributed by atoms with E-state index in [1.807, 2.05) is 0 Å². The molecule has 0 spiro atoms. The Bertz CT molecular complexity index is 397. The molecule has 0 bridgehead atoms. The highest BCUT2D eigenvalue weighted by Gasteiger charge is 2.16. The number of allylic oxidation sites excluding steroid dienone is 3. The smallest absolute Gasteiger partial charge is 0.0247 e. The van der Waals surface area contributed by atoms with Gasteiger partial charge in [0.15, 0.2) is 0 Å². The van der Waals surface area contributed by atoms with E-state index in [9.17, 15) is 0 Å². The zero-order chi connectivity index (χ0) is 12.6. The summed E-state index contributed by atoms with van der Waals surface area (Å²) in [5, 5.41) is 1.01. The zero-order valence-electron chi connectivity index (χ0n) is 10.8. The minimum Gasteiger partial charge on any atom is -0.0880 e. The van der Waals surface area contributed by atoms with Crippen LogP contribution in [0.15, 0.2) is 48.1 Å². The maximum atomic E-state index is 3.64. The molecule has 0 amide bonds. The Morgan fingerprint density at radius 1 is 1.11 bits per heavy atom. The van der Waals surface area contributed by atoms with Gasteiger partial charge >= 0.3 is 0 Å². The van der Waals surface area contributed by atoms with Crippen LogP contribution < -0.4 is 0 Å². The molecule has 0 heterocycles. The summed E-state index contributed by atoms with van der Waals surface area (Å²) < 4.78 is 0. The van der Waals surface area contributed by atoms with Crippen LogP contribution in [0.1, 0.15) is 37.7 Å². The van der Waals surface area contributed by atoms with Crippen LogP contribution in [0.2, 0.25) is 0 Å². The lowest BCUT2D eigenvalue weighted by molar-refractivity contribution is 0.404. The van der Waals surface area contributed by atoms with E-state index in [-0.39, 0.29) is 0 Å². The van der Waals surface area contributed by atoms with Gasteiger partial charge in [0, 0.05) is 5.33 Å². The van der Waals surface area contributed by atoms with Gasteiger partial charge in [-0.15, -0.1) is 0 Å². The van der Waals surface area contributed by atoms with Crippen molar-refractivity contribution in [3.05, 3.63) is 53.6 Å². The Kier molecular flexibility index (Phi) is 5.73. The summed E-state index contributed by atoms with van der Waals surface area (Å²) in [6.07, 6.45) is 13.7. The largest absolute Gasteiger partial charge is 0.0880 e. The molecule has 18 heavy (non-hydrogen) atoms. The van der Waals surface area contributed by atoms with Crippen LogP contribution >= 0.6 is 15.9 Å². The van der Waals surface area contributed by atoms with Gasteiger partial charge in [0.1, 0.15) is 0 Å². The molecule has 1 aliphatic carbocycles. The first-order valence-electron chi connectivity index (χ1n) is 6.88. The van der Waals surface area contributed by atoms with E-state index in [1.165, 1.54) is 37.7 Å². The summed E-state index contributed by atoms with van der Waals surface area (Å²) >= 11 is 3.64. The number of rotatable bonds is 4. The molecule has 1 aromatic rings. The highest BCUT2D eigenvalue weighted by Crippen LogP contribution is 2.30. The minimum atomic E-state index is 0.804. The Labute approximate surface area is 119 Å². The van der Waals surface area contributed by atoms with Gasteiger partial charge in [0.05, 0.1) is 0 Å². The highest BCUT2D eigenvalue weighted by atomic mass is 79.9. The monoisotopic (exact) mass is 304 g/mol. The van der Waals surface area contributed by atoms with Crippen LogP contribution in [0, 0.1) is 5.92 Å². The third-order valence-corrected chi connectivity index (χ3v) is 4.33. The van der Waals surface area contributed by atoms with Crippen molar-refractivity contribution in [2.45, 2.75) is 32.1 Å². The molecule has 1 heteroatoms. The standard InChI is InChI=1S/C17H21Br/c18-14-17(16-11-5-2-6-12-16)13-7-10-15-8-3-1-4-9-15/h1,3-4,7-10,13,16H,2,5-6,11-12,14H2. The summed E-state index contributed by atoms with van der Waals surface area (Å²) in [6.45, 7) is 0. The Hall–Kier alpha value is -0.820. The van der Waals surface area contributed by atoms with E-state index < -0.39 is 0 Å². The number of hydrogen-bond acceptors (Lipinski definition) is 0. The fourth-order valence-corrected chi connectivity index (χ4v) is 3.25. The number of alkyl halides is 1. The third-order valence-electron chi connectivity index (χ3n) is 3.68. The fraction of sp³-hybridized carbons (Fsp3) is 0.412. The van der Waals surface area contributed by atoms with E-state index in [2.05, 4.69) is 64.5 Å². The summed E-state index contributed by atoms with van der Waals surface area (Å²) in [5.41, 5.74) is 2.83. The quantitative estimate of drug-likeness (QED) is 0.501. The van der Waals surface area contributed by atoms with Crippen molar-refractivity contribution in [3.63, 3.8) is 0 Å². The van der Waals surface area contributed by atoms with E-state index in [0.29, 0.717) is 0 Å². The summed E-state index contributed by atoms with van der Waals surface area (Å²) in [7, 11) is 0. The van der Waals surface area contributed by atoms with Gasteiger partial charge in [-0.05, 0) is 24.3 Å². The second kappa shape index (κ2) is 7.58. The van der Waals surface area contributed by atoms with Crippen molar-refractivity contribution < 1.29 is 0 Å². The summed E-state index contributed by atoms with van der Waals surface area (Å²) in [6, 6.07) is 10.5. The summed E-state index contributed by atoms with van der Waals surface area (Å²) in [5.74, 6) is 0.804. The highest BCUT2D eigenvalue weighted by molar-refractivity contribution is 9.09. The van der Waals surface area contributed by atoms with Gasteiger partial charge in [-0.25, -0.2) is 0 Å². The minimum absolute atomic E-state index is 0.804. The van der Waals surface area contributed by atoms with Crippen LogP contribution in [0.3, 0.4) is 0 Å². The molecule has 0 radical (unpaired) electrons. The zero-order valence-corrected chi connectivity index (χ0v) is 12.4. The molecular weight excluding hydrogens is 284 g/mol. The van der Waals surface area contributed by atoms with E-state index in [1.54, 1.807) is 5.57 Å². The molecule has 0 nitrogen and oxygen atoms in total. The topological polar surface area (TPSA) is 0 Å². The van der Waals surface area contributed by atoms with Gasteiger partial charge in [-0.2, -0.15) is 0 Å². The first kappa shape index (κ1) is 13.6. The van der Waals surface area contributed by atoms with Crippen molar-refractivity contribution in [3.8, 4) is 0 Å². The first-order chi connectivity index (χ1) is 8.90. The van der Waals surface area contributed by atoms with Crippen LogP contribution in [-0.4, -0.2) is 5.33 Å². The molecule has 96 valence electrons. The molecule has 1 aromatic carbocycles. The van der Waals surface area contributed by atoms with Crippen molar-refractivity contribution in [2.24, 2.45) is 5.92 Å². The predicted molar refractivity (Wildman–Crippen MR) is 83.9 cm³/mol. The molecule has 0 atom stereocenters. The van der Waals surface area contributed by atoms with E-state index >= 15 is 0 Å². The van der Waals surface area contributed by atoms with Crippen LogP contribution in [-0.2, 0) is 0 Å². The van der Waals surface area contributed by atoms with E-state index in [4.69, 9.17) is 0 Å². The molecule has 0 N–H and O–H groups in total. The average Bonchev–Trinajstić information content (AvgIpc) is 2.46. The number of halogens is 1. The maximum absolute atomic E-state index is 3.64. The first-order valence-corrected chi connectivity index (χ1v) is 8.00. The van der Waals surface area contributed by atoms with Gasteiger partial charge < -0.3 is 0 Å². The van der Waals surface area contributed by atoms with Gasteiger partial charge in [-0.1, -0.05) is 89.3 Å². The van der Waals surface area contributed by atoms with Crippen molar-refractivity contribution in [1.82, 2.24) is 0 Å². The molecule has 0 aromatic heterocycles. The SMILES string of the molecule is BrCC(=CC=Cc1ccccc1)C1CCCCC1. The molecule has 2 rings (SSSR count). The van der Waals surface area contributed by atoms with Crippen molar-refractivity contribution in [2.75, 3.05) is 5.33 Å². The van der Waals surface area contributed by atoms with Crippen molar-refractivity contribution in [1.29, 1.82) is 0 Å². The predicted octanol–water partition coefficient (Wildman–Crippen LogP) is 5.60.